The molecule has 0 radical (unpaired) electrons. The average Bonchev–Trinajstić information content (AvgIpc) is 2.11. The second kappa shape index (κ2) is 9.63. The van der Waals surface area contributed by atoms with E-state index in [1.54, 1.807) is 27.7 Å². The Bertz CT molecular complexity index is 181. The van der Waals surface area contributed by atoms with Crippen molar-refractivity contribution in [2.24, 2.45) is 0 Å². The highest BCUT2D eigenvalue weighted by molar-refractivity contribution is 4.69. The van der Waals surface area contributed by atoms with E-state index in [-0.39, 0.29) is 0 Å². The van der Waals surface area contributed by atoms with Crippen molar-refractivity contribution in [3.05, 3.63) is 0 Å². The van der Waals surface area contributed by atoms with Crippen LogP contribution < -0.4 is 0 Å². The summed E-state index contributed by atoms with van der Waals surface area (Å²) < 4.78 is 0. The maximum atomic E-state index is 9.47. The van der Waals surface area contributed by atoms with Gasteiger partial charge in [-0.1, -0.05) is 0 Å². The van der Waals surface area contributed by atoms with Gasteiger partial charge in [-0.15, -0.1) is 0 Å². The first-order chi connectivity index (χ1) is 8.70. The summed E-state index contributed by atoms with van der Waals surface area (Å²) in [5.41, 5.74) is 0. The van der Waals surface area contributed by atoms with Crippen molar-refractivity contribution in [2.75, 3.05) is 32.8 Å². The van der Waals surface area contributed by atoms with Crippen LogP contribution in [-0.4, -0.2) is 87.5 Å². The van der Waals surface area contributed by atoms with Crippen LogP contribution in [0.2, 0.25) is 0 Å². The van der Waals surface area contributed by atoms with Crippen LogP contribution in [0, 0.1) is 0 Å². The molecule has 0 spiro atoms. The molecule has 19 heavy (non-hydrogen) atoms. The lowest BCUT2D eigenvalue weighted by molar-refractivity contribution is 0.0132. The van der Waals surface area contributed by atoms with Gasteiger partial charge in [0.25, 0.3) is 0 Å². The maximum absolute atomic E-state index is 9.47. The molecule has 0 rings (SSSR count). The van der Waals surface area contributed by atoms with E-state index in [2.05, 4.69) is 0 Å². The minimum absolute atomic E-state index is 0.445. The Hall–Kier alpha value is -0.240. The highest BCUT2D eigenvalue weighted by Gasteiger charge is 2.17. The van der Waals surface area contributed by atoms with Gasteiger partial charge in [-0.25, -0.2) is 0 Å². The number of aliphatic hydroxyl groups excluding tert-OH is 4. The lowest BCUT2D eigenvalue weighted by Gasteiger charge is -2.33. The van der Waals surface area contributed by atoms with Gasteiger partial charge < -0.3 is 20.4 Å². The Morgan fingerprint density at radius 1 is 0.579 bits per heavy atom. The molecule has 6 nitrogen and oxygen atoms in total. The Labute approximate surface area is 116 Å². The van der Waals surface area contributed by atoms with Crippen LogP contribution in [0.5, 0.6) is 0 Å². The molecule has 0 heterocycles. The third-order valence-electron chi connectivity index (χ3n) is 2.49. The third-order valence-corrected chi connectivity index (χ3v) is 2.49. The van der Waals surface area contributed by atoms with Crippen LogP contribution in [0.4, 0.5) is 0 Å². The molecule has 0 aromatic carbocycles. The first-order valence-electron chi connectivity index (χ1n) is 6.87. The zero-order valence-electron chi connectivity index (χ0n) is 12.5. The van der Waals surface area contributed by atoms with E-state index in [0.717, 1.165) is 0 Å². The summed E-state index contributed by atoms with van der Waals surface area (Å²) >= 11 is 0. The zero-order chi connectivity index (χ0) is 15.0. The fourth-order valence-electron chi connectivity index (χ4n) is 2.16. The quantitative estimate of drug-likeness (QED) is 0.386. The van der Waals surface area contributed by atoms with Gasteiger partial charge in [0, 0.05) is 26.2 Å². The van der Waals surface area contributed by atoms with Crippen LogP contribution in [0.1, 0.15) is 27.7 Å². The van der Waals surface area contributed by atoms with Crippen molar-refractivity contribution in [3.63, 3.8) is 0 Å². The monoisotopic (exact) mass is 278 g/mol. The molecular weight excluding hydrogens is 248 g/mol. The lowest BCUT2D eigenvalue weighted by atomic mass is 10.3. The standard InChI is InChI=1S/C13H30N2O4/c1-10(16)5-14(6-11(2)17)9-15(7-12(3)18)8-13(4)19/h10-13,16-19H,5-9H2,1-4H3. The summed E-state index contributed by atoms with van der Waals surface area (Å²) in [7, 11) is 0. The van der Waals surface area contributed by atoms with E-state index in [4.69, 9.17) is 0 Å². The topological polar surface area (TPSA) is 87.4 Å². The smallest absolute Gasteiger partial charge is 0.0639 e. The van der Waals surface area contributed by atoms with E-state index < -0.39 is 24.4 Å². The molecule has 0 fully saturated rings. The molecule has 0 amide bonds. The van der Waals surface area contributed by atoms with Gasteiger partial charge >= 0.3 is 0 Å². The number of aliphatic hydroxyl groups is 4. The number of hydrogen-bond acceptors (Lipinski definition) is 6. The molecule has 0 bridgehead atoms. The normalized spacial score (nSPS) is 18.6. The molecule has 0 aliphatic heterocycles. The molecule has 0 saturated carbocycles. The van der Waals surface area contributed by atoms with Gasteiger partial charge in [0.15, 0.2) is 0 Å². The maximum Gasteiger partial charge on any atom is 0.0639 e. The van der Waals surface area contributed by atoms with Gasteiger partial charge in [-0.3, -0.25) is 9.80 Å². The lowest BCUT2D eigenvalue weighted by Crippen LogP contribution is -2.47. The molecule has 0 aliphatic carbocycles. The van der Waals surface area contributed by atoms with E-state index in [0.29, 0.717) is 32.8 Å². The van der Waals surface area contributed by atoms with Gasteiger partial charge in [0.1, 0.15) is 0 Å². The summed E-state index contributed by atoms with van der Waals surface area (Å²) in [6, 6.07) is 0. The molecular formula is C13H30N2O4. The molecule has 0 aromatic rings. The Balaban J connectivity index is 4.51. The highest BCUT2D eigenvalue weighted by Crippen LogP contribution is 2.02. The van der Waals surface area contributed by atoms with Gasteiger partial charge in [-0.05, 0) is 27.7 Å². The molecule has 0 saturated heterocycles. The summed E-state index contributed by atoms with van der Waals surface area (Å²) in [5.74, 6) is 0. The SMILES string of the molecule is CC(O)CN(CC(C)O)CN(CC(C)O)CC(C)O. The van der Waals surface area contributed by atoms with Crippen molar-refractivity contribution < 1.29 is 20.4 Å². The van der Waals surface area contributed by atoms with Crippen molar-refractivity contribution in [2.45, 2.75) is 52.1 Å². The fourth-order valence-corrected chi connectivity index (χ4v) is 2.16. The van der Waals surface area contributed by atoms with E-state index in [9.17, 15) is 20.4 Å². The Morgan fingerprint density at radius 2 is 0.789 bits per heavy atom. The van der Waals surface area contributed by atoms with Crippen molar-refractivity contribution in [1.82, 2.24) is 9.80 Å². The predicted octanol–water partition coefficient (Wildman–Crippen LogP) is -0.929. The second-order valence-electron chi connectivity index (χ2n) is 5.61. The first kappa shape index (κ1) is 18.8. The summed E-state index contributed by atoms with van der Waals surface area (Å²) in [6.07, 6.45) is -1.95. The number of hydrogen-bond donors (Lipinski definition) is 4. The minimum atomic E-state index is -0.487. The Kier molecular flexibility index (Phi) is 9.51. The minimum Gasteiger partial charge on any atom is -0.392 e. The van der Waals surface area contributed by atoms with Crippen molar-refractivity contribution >= 4 is 0 Å². The van der Waals surface area contributed by atoms with E-state index in [1.165, 1.54) is 0 Å². The molecule has 0 aliphatic rings. The van der Waals surface area contributed by atoms with Gasteiger partial charge in [-0.2, -0.15) is 0 Å². The summed E-state index contributed by atoms with van der Waals surface area (Å²) in [5, 5.41) is 37.9. The number of nitrogens with zero attached hydrogens (tertiary/aromatic N) is 2. The molecule has 6 heteroatoms. The summed E-state index contributed by atoms with van der Waals surface area (Å²) in [4.78, 5) is 3.83. The van der Waals surface area contributed by atoms with E-state index >= 15 is 0 Å². The molecule has 4 atom stereocenters. The first-order valence-corrected chi connectivity index (χ1v) is 6.87. The van der Waals surface area contributed by atoms with Crippen LogP contribution in [0.25, 0.3) is 0 Å². The van der Waals surface area contributed by atoms with Crippen LogP contribution in [0.15, 0.2) is 0 Å². The highest BCUT2D eigenvalue weighted by atomic mass is 16.3. The van der Waals surface area contributed by atoms with Crippen molar-refractivity contribution in [3.8, 4) is 0 Å². The molecule has 0 aromatic heterocycles. The fraction of sp³-hybridized carbons (Fsp3) is 1.00. The second-order valence-corrected chi connectivity index (χ2v) is 5.61. The molecule has 116 valence electrons. The summed E-state index contributed by atoms with van der Waals surface area (Å²) in [6.45, 7) is 9.06. The van der Waals surface area contributed by atoms with Gasteiger partial charge in [0.05, 0.1) is 31.1 Å². The largest absolute Gasteiger partial charge is 0.392 e. The Morgan fingerprint density at radius 3 is 0.947 bits per heavy atom. The van der Waals surface area contributed by atoms with Crippen molar-refractivity contribution in [1.29, 1.82) is 0 Å². The predicted molar refractivity (Wildman–Crippen MR) is 74.7 cm³/mol. The average molecular weight is 278 g/mol. The zero-order valence-corrected chi connectivity index (χ0v) is 12.5. The van der Waals surface area contributed by atoms with E-state index in [1.807, 2.05) is 9.80 Å². The van der Waals surface area contributed by atoms with Crippen LogP contribution in [0.3, 0.4) is 0 Å². The van der Waals surface area contributed by atoms with Gasteiger partial charge in [0.2, 0.25) is 0 Å². The number of rotatable bonds is 10. The molecule has 4 N–H and O–H groups in total. The van der Waals surface area contributed by atoms with Crippen LogP contribution in [-0.2, 0) is 0 Å². The van der Waals surface area contributed by atoms with Crippen LogP contribution >= 0.6 is 0 Å². The molecule has 4 unspecified atom stereocenters. The third kappa shape index (κ3) is 11.3.